The highest BCUT2D eigenvalue weighted by atomic mass is 19.4. The number of amides is 1. The van der Waals surface area contributed by atoms with Gasteiger partial charge in [0.05, 0.1) is 24.5 Å². The van der Waals surface area contributed by atoms with Crippen LogP contribution < -0.4 is 5.32 Å². The van der Waals surface area contributed by atoms with E-state index < -0.39 is 23.4 Å². The monoisotopic (exact) mass is 372 g/mol. The van der Waals surface area contributed by atoms with Gasteiger partial charge in [-0.1, -0.05) is 5.16 Å². The average molecular weight is 372 g/mol. The molecule has 1 spiro atoms. The predicted molar refractivity (Wildman–Crippen MR) is 86.6 cm³/mol. The summed E-state index contributed by atoms with van der Waals surface area (Å²) in [6, 6.07) is 4.19. The van der Waals surface area contributed by atoms with Gasteiger partial charge in [0.15, 0.2) is 12.4 Å². The summed E-state index contributed by atoms with van der Waals surface area (Å²) in [7, 11) is 0. The van der Waals surface area contributed by atoms with E-state index in [-0.39, 0.29) is 12.3 Å². The van der Waals surface area contributed by atoms with E-state index >= 15 is 0 Å². The van der Waals surface area contributed by atoms with E-state index in [0.29, 0.717) is 38.9 Å². The van der Waals surface area contributed by atoms with Crippen molar-refractivity contribution in [3.63, 3.8) is 0 Å². The Morgan fingerprint density at radius 1 is 1.15 bits per heavy atom. The Labute approximate surface area is 148 Å². The first-order chi connectivity index (χ1) is 12.4. The number of hydrogen-bond donors (Lipinski definition) is 1. The SMILES string of the molecule is O=C(CON=C1CCC2(CC1)OCCO2)Nc1ccc(C(F)(F)F)cc1. The number of alkyl halides is 3. The first-order valence-corrected chi connectivity index (χ1v) is 8.29. The molecule has 1 heterocycles. The van der Waals surface area contributed by atoms with Gasteiger partial charge >= 0.3 is 6.18 Å². The highest BCUT2D eigenvalue weighted by Crippen LogP contribution is 2.34. The number of carbonyl (C=O) groups is 1. The number of anilines is 1. The first-order valence-electron chi connectivity index (χ1n) is 8.29. The molecular formula is C17H19F3N2O4. The minimum Gasteiger partial charge on any atom is -0.386 e. The van der Waals surface area contributed by atoms with Crippen LogP contribution in [0.15, 0.2) is 29.4 Å². The number of benzene rings is 1. The van der Waals surface area contributed by atoms with Crippen LogP contribution >= 0.6 is 0 Å². The fraction of sp³-hybridized carbons (Fsp3) is 0.529. The van der Waals surface area contributed by atoms with Crippen molar-refractivity contribution in [2.45, 2.75) is 37.6 Å². The summed E-state index contributed by atoms with van der Waals surface area (Å²) >= 11 is 0. The molecule has 0 radical (unpaired) electrons. The molecular weight excluding hydrogens is 353 g/mol. The zero-order valence-electron chi connectivity index (χ0n) is 14.0. The third kappa shape index (κ3) is 4.73. The maximum absolute atomic E-state index is 12.5. The van der Waals surface area contributed by atoms with Gasteiger partial charge in [-0.05, 0) is 37.1 Å². The van der Waals surface area contributed by atoms with E-state index in [9.17, 15) is 18.0 Å². The van der Waals surface area contributed by atoms with E-state index in [0.717, 1.165) is 17.8 Å². The van der Waals surface area contributed by atoms with Crippen LogP contribution in [-0.2, 0) is 25.3 Å². The number of carbonyl (C=O) groups excluding carboxylic acids is 1. The minimum atomic E-state index is -4.41. The summed E-state index contributed by atoms with van der Waals surface area (Å²) in [5.74, 6) is -0.984. The van der Waals surface area contributed by atoms with Gasteiger partial charge in [0.2, 0.25) is 0 Å². The van der Waals surface area contributed by atoms with Crippen LogP contribution in [0.3, 0.4) is 0 Å². The maximum atomic E-state index is 12.5. The molecule has 1 saturated heterocycles. The van der Waals surface area contributed by atoms with Crippen LogP contribution in [0.25, 0.3) is 0 Å². The van der Waals surface area contributed by atoms with Crippen molar-refractivity contribution in [1.29, 1.82) is 0 Å². The highest BCUT2D eigenvalue weighted by Gasteiger charge is 2.39. The molecule has 9 heteroatoms. The summed E-state index contributed by atoms with van der Waals surface area (Å²) in [6.45, 7) is 0.892. The number of hydrogen-bond acceptors (Lipinski definition) is 5. The Kier molecular flexibility index (Phi) is 5.47. The first kappa shape index (κ1) is 18.7. The Morgan fingerprint density at radius 3 is 2.35 bits per heavy atom. The normalized spacial score (nSPS) is 19.4. The van der Waals surface area contributed by atoms with E-state index in [1.54, 1.807) is 0 Å². The largest absolute Gasteiger partial charge is 0.416 e. The fourth-order valence-electron chi connectivity index (χ4n) is 2.92. The lowest BCUT2D eigenvalue weighted by molar-refractivity contribution is -0.168. The Morgan fingerprint density at radius 2 is 1.77 bits per heavy atom. The van der Waals surface area contributed by atoms with Gasteiger partial charge in [-0.2, -0.15) is 13.2 Å². The predicted octanol–water partition coefficient (Wildman–Crippen LogP) is 3.33. The summed E-state index contributed by atoms with van der Waals surface area (Å²) in [6.07, 6.45) is -1.67. The van der Waals surface area contributed by atoms with Gasteiger partial charge < -0.3 is 19.6 Å². The maximum Gasteiger partial charge on any atom is 0.416 e. The lowest BCUT2D eigenvalue weighted by Crippen LogP contribution is -2.35. The molecule has 26 heavy (non-hydrogen) atoms. The van der Waals surface area contributed by atoms with Crippen molar-refractivity contribution in [3.05, 3.63) is 29.8 Å². The molecule has 0 aromatic heterocycles. The third-order valence-corrected chi connectivity index (χ3v) is 4.29. The topological polar surface area (TPSA) is 69.2 Å². The molecule has 0 atom stereocenters. The van der Waals surface area contributed by atoms with Crippen LogP contribution in [0.4, 0.5) is 18.9 Å². The second kappa shape index (κ2) is 7.63. The quantitative estimate of drug-likeness (QED) is 0.823. The van der Waals surface area contributed by atoms with Crippen molar-refractivity contribution in [2.24, 2.45) is 5.16 Å². The van der Waals surface area contributed by atoms with Crippen LogP contribution in [0.5, 0.6) is 0 Å². The molecule has 6 nitrogen and oxygen atoms in total. The number of nitrogens with zero attached hydrogens (tertiary/aromatic N) is 1. The van der Waals surface area contributed by atoms with E-state index in [1.165, 1.54) is 12.1 Å². The van der Waals surface area contributed by atoms with Crippen LogP contribution in [0.1, 0.15) is 31.2 Å². The highest BCUT2D eigenvalue weighted by molar-refractivity contribution is 5.91. The molecule has 1 aromatic rings. The molecule has 142 valence electrons. The van der Waals surface area contributed by atoms with Gasteiger partial charge in [-0.15, -0.1) is 0 Å². The number of ether oxygens (including phenoxy) is 2. The zero-order valence-corrected chi connectivity index (χ0v) is 14.0. The van der Waals surface area contributed by atoms with Gasteiger partial charge in [0.1, 0.15) is 0 Å². The van der Waals surface area contributed by atoms with Crippen molar-refractivity contribution >= 4 is 17.3 Å². The third-order valence-electron chi connectivity index (χ3n) is 4.29. The lowest BCUT2D eigenvalue weighted by Gasteiger charge is -2.31. The average Bonchev–Trinajstić information content (AvgIpc) is 3.05. The number of rotatable bonds is 4. The Bertz CT molecular complexity index is 656. The molecule has 2 fully saturated rings. The van der Waals surface area contributed by atoms with Crippen molar-refractivity contribution in [2.75, 3.05) is 25.1 Å². The lowest BCUT2D eigenvalue weighted by atomic mass is 9.92. The zero-order chi connectivity index (χ0) is 18.6. The van der Waals surface area contributed by atoms with E-state index in [1.807, 2.05) is 0 Å². The molecule has 1 amide bonds. The van der Waals surface area contributed by atoms with Crippen LogP contribution in [-0.4, -0.2) is 37.2 Å². The molecule has 1 aromatic carbocycles. The molecule has 0 unspecified atom stereocenters. The summed E-state index contributed by atoms with van der Waals surface area (Å²) in [5.41, 5.74) is 0.315. The van der Waals surface area contributed by atoms with Crippen molar-refractivity contribution in [3.8, 4) is 0 Å². The summed E-state index contributed by atoms with van der Waals surface area (Å²) < 4.78 is 48.7. The molecule has 1 aliphatic heterocycles. The van der Waals surface area contributed by atoms with Crippen molar-refractivity contribution < 1.29 is 32.3 Å². The molecule has 2 aliphatic rings. The van der Waals surface area contributed by atoms with Crippen molar-refractivity contribution in [1.82, 2.24) is 0 Å². The number of oxime groups is 1. The summed E-state index contributed by atoms with van der Waals surface area (Å²) in [4.78, 5) is 16.8. The second-order valence-electron chi connectivity index (χ2n) is 6.16. The Hall–Kier alpha value is -2.13. The van der Waals surface area contributed by atoms with Crippen LogP contribution in [0, 0.1) is 0 Å². The molecule has 0 bridgehead atoms. The van der Waals surface area contributed by atoms with Gasteiger partial charge in [0, 0.05) is 18.5 Å². The van der Waals surface area contributed by atoms with E-state index in [4.69, 9.17) is 14.3 Å². The molecule has 3 rings (SSSR count). The fourth-order valence-corrected chi connectivity index (χ4v) is 2.92. The standard InChI is InChI=1S/C17H19F3N2O4/c18-17(19,20)12-1-3-13(4-2-12)21-15(23)11-26-22-14-5-7-16(8-6-14)24-9-10-25-16/h1-4H,5-11H2,(H,21,23). The number of halogens is 3. The second-order valence-corrected chi connectivity index (χ2v) is 6.16. The van der Waals surface area contributed by atoms with Gasteiger partial charge in [0.25, 0.3) is 5.91 Å². The molecule has 1 N–H and O–H groups in total. The van der Waals surface area contributed by atoms with Gasteiger partial charge in [-0.3, -0.25) is 4.79 Å². The van der Waals surface area contributed by atoms with E-state index in [2.05, 4.69) is 10.5 Å². The number of nitrogens with one attached hydrogen (secondary N) is 1. The van der Waals surface area contributed by atoms with Crippen LogP contribution in [0.2, 0.25) is 0 Å². The smallest absolute Gasteiger partial charge is 0.386 e. The minimum absolute atomic E-state index is 0.259. The summed E-state index contributed by atoms with van der Waals surface area (Å²) in [5, 5.41) is 6.42. The molecule has 1 aliphatic carbocycles. The Balaban J connectivity index is 1.42. The molecule has 1 saturated carbocycles. The van der Waals surface area contributed by atoms with Gasteiger partial charge in [-0.25, -0.2) is 0 Å².